The van der Waals surface area contributed by atoms with Crippen LogP contribution in [0, 0.1) is 25.0 Å². The Hall–Kier alpha value is -2.22. The zero-order valence-electron chi connectivity index (χ0n) is 12.4. The van der Waals surface area contributed by atoms with Crippen LogP contribution in [0.2, 0.25) is 0 Å². The summed E-state index contributed by atoms with van der Waals surface area (Å²) in [6, 6.07) is 0. The van der Waals surface area contributed by atoms with E-state index in [1.807, 2.05) is 0 Å². The van der Waals surface area contributed by atoms with Gasteiger partial charge < -0.3 is 29.9 Å². The second-order valence-electron chi connectivity index (χ2n) is 4.62. The van der Waals surface area contributed by atoms with E-state index in [0.717, 1.165) is 0 Å². The molecule has 0 bridgehead atoms. The third-order valence-electron chi connectivity index (χ3n) is 2.64. The van der Waals surface area contributed by atoms with Gasteiger partial charge in [-0.15, -0.1) is 0 Å². The van der Waals surface area contributed by atoms with Crippen molar-refractivity contribution >= 4 is 11.9 Å². The number of aliphatic hydroxyl groups excluding tert-OH is 4. The van der Waals surface area contributed by atoms with Gasteiger partial charge in [0.05, 0.1) is 26.4 Å². The molecule has 9 heteroatoms. The van der Waals surface area contributed by atoms with Gasteiger partial charge >= 0.3 is 0 Å². The molecule has 0 aromatic rings. The molecule has 0 unspecified atom stereocenters. The maximum absolute atomic E-state index is 10.7. The van der Waals surface area contributed by atoms with Crippen LogP contribution in [0.4, 0.5) is 0 Å². The Morgan fingerprint density at radius 1 is 0.810 bits per heavy atom. The van der Waals surface area contributed by atoms with Gasteiger partial charge in [0.1, 0.15) is 10.8 Å². The molecular formula is C12H22O8Rf-2. The largest absolute Gasteiger partial charge is 0.640 e. The Kier molecular flexibility index (Phi) is 12.0. The molecule has 0 heterocycles. The van der Waals surface area contributed by atoms with Crippen molar-refractivity contribution in [2.24, 2.45) is 10.8 Å². The maximum atomic E-state index is 10.7. The van der Waals surface area contributed by atoms with Crippen LogP contribution in [-0.2, 0) is 19.1 Å². The molecule has 0 spiro atoms. The minimum Gasteiger partial charge on any atom is -0.640 e. The first kappa shape index (κ1) is 23.8. The van der Waals surface area contributed by atoms with Crippen LogP contribution in [0.3, 0.4) is 0 Å². The van der Waals surface area contributed by atoms with Gasteiger partial charge in [0.2, 0.25) is 0 Å². The maximum Gasteiger partial charge on any atom is 0.284 e. The van der Waals surface area contributed by atoms with Gasteiger partial charge in [0.25, 0.3) is 11.9 Å². The van der Waals surface area contributed by atoms with Gasteiger partial charge in [-0.05, 0) is 13.8 Å². The molecule has 0 aromatic carbocycles. The smallest absolute Gasteiger partial charge is 0.284 e. The molecule has 0 aliphatic rings. The van der Waals surface area contributed by atoms with E-state index in [1.54, 1.807) is 0 Å². The Morgan fingerprint density at radius 2 is 1.00 bits per heavy atom. The Labute approximate surface area is 117 Å². The number of carbonyl (C=O) groups is 2. The van der Waals surface area contributed by atoms with E-state index < -0.39 is 49.2 Å². The summed E-state index contributed by atoms with van der Waals surface area (Å²) >= 11 is 0. The summed E-state index contributed by atoms with van der Waals surface area (Å²) < 4.78 is 8.18. The van der Waals surface area contributed by atoms with E-state index in [0.29, 0.717) is 0 Å². The van der Waals surface area contributed by atoms with Gasteiger partial charge in [-0.3, -0.25) is 9.59 Å². The fourth-order valence-electron chi connectivity index (χ4n) is 0.707. The average molecular weight is 561 g/mol. The molecule has 122 valence electrons. The molecule has 21 heavy (non-hydrogen) atoms. The summed E-state index contributed by atoms with van der Waals surface area (Å²) in [6.45, 7) is 0.993. The number of ether oxygens (including phenoxy) is 2. The predicted molar refractivity (Wildman–Crippen MR) is 67.5 cm³/mol. The first-order chi connectivity index (χ1) is 9.21. The van der Waals surface area contributed by atoms with Crippen molar-refractivity contribution in [2.75, 3.05) is 26.4 Å². The quantitative estimate of drug-likeness (QED) is 0.231. The van der Waals surface area contributed by atoms with Crippen molar-refractivity contribution in [3.05, 3.63) is 14.2 Å². The van der Waals surface area contributed by atoms with Crippen molar-refractivity contribution in [2.45, 2.75) is 13.8 Å². The van der Waals surface area contributed by atoms with Crippen LogP contribution >= 0.6 is 0 Å². The van der Waals surface area contributed by atoms with Crippen LogP contribution in [-0.4, -0.2) is 58.8 Å². The molecule has 0 aliphatic carbocycles. The molecule has 0 radical (unpaired) electrons. The van der Waals surface area contributed by atoms with Crippen molar-refractivity contribution in [3.8, 4) is 0 Å². The Morgan fingerprint density at radius 3 is 1.05 bits per heavy atom. The second kappa shape index (κ2) is 10.6. The van der Waals surface area contributed by atoms with Gasteiger partial charge in [0.15, 0.2) is 0 Å². The van der Waals surface area contributed by atoms with Crippen LogP contribution in [0.5, 0.6) is 0 Å². The van der Waals surface area contributed by atoms with Gasteiger partial charge in [-0.2, -0.15) is 14.2 Å². The normalized spacial score (nSPS) is 10.7. The molecule has 0 atom stereocenters. The average Bonchev–Trinajstić information content (AvgIpc) is 2.51. The fraction of sp³-hybridized carbons (Fsp3) is 0.667. The molecule has 0 rings (SSSR count). The van der Waals surface area contributed by atoms with Crippen molar-refractivity contribution in [1.82, 2.24) is 0 Å². The topological polar surface area (TPSA) is 134 Å². The molecule has 0 fully saturated rings. The number of hydrogen-bond donors (Lipinski definition) is 4. The van der Waals surface area contributed by atoms with E-state index in [-0.39, 0.29) is 0 Å². The molecule has 8 nitrogen and oxygen atoms in total. The number of esters is 2. The number of rotatable bonds is 6. The first-order valence-corrected chi connectivity index (χ1v) is 5.57. The second-order valence-corrected chi connectivity index (χ2v) is 4.62. The molecule has 0 saturated carbocycles. The summed E-state index contributed by atoms with van der Waals surface area (Å²) in [5, 5.41) is 34.4. The minimum absolute atomic E-state index is 0. The monoisotopic (exact) mass is 561 g/mol. The summed E-state index contributed by atoms with van der Waals surface area (Å²) in [5.41, 5.74) is -2.44. The first-order valence-electron chi connectivity index (χ1n) is 5.57. The number of carbonyl (C=O) groups excluding carboxylic acids is 2. The summed E-state index contributed by atoms with van der Waals surface area (Å²) in [4.78, 5) is 21.4. The van der Waals surface area contributed by atoms with Crippen LogP contribution in [0.15, 0.2) is 0 Å². The van der Waals surface area contributed by atoms with Crippen LogP contribution < -0.4 is 0 Å². The SMILES string of the molecule is [CH2-]OC(=O)C(C)(CO)CO.[CH2-]OC(=O)C(C)(CO)CO.[Rf]. The fourth-order valence-corrected chi connectivity index (χ4v) is 0.707. The molecule has 0 saturated heterocycles. The van der Waals surface area contributed by atoms with Crippen molar-refractivity contribution in [3.63, 3.8) is 0 Å². The minimum atomic E-state index is -1.22. The predicted octanol–water partition coefficient (Wildman–Crippen LogP) is -1.38. The number of aliphatic hydroxyl groups is 4. The van der Waals surface area contributed by atoms with Gasteiger partial charge in [-0.1, -0.05) is 0 Å². The van der Waals surface area contributed by atoms with E-state index in [4.69, 9.17) is 20.4 Å². The summed E-state index contributed by atoms with van der Waals surface area (Å²) in [7, 11) is 5.75. The zero-order valence-corrected chi connectivity index (χ0v) is 18.8. The van der Waals surface area contributed by atoms with E-state index in [9.17, 15) is 9.59 Å². The number of hydrogen-bond acceptors (Lipinski definition) is 8. The van der Waals surface area contributed by atoms with Crippen LogP contribution in [0.25, 0.3) is 0 Å². The van der Waals surface area contributed by atoms with Crippen LogP contribution in [0.1, 0.15) is 13.8 Å². The standard InChI is InChI=1S/2C6H11O4.Rf/c2*1-6(3-7,4-8)5(9)10-2;/h2*7-8H,2-4H2,1H3;/q2*-1;. The molecule has 0 amide bonds. The van der Waals surface area contributed by atoms with E-state index in [2.05, 4.69) is 23.7 Å². The zero-order chi connectivity index (χ0) is 16.4. The summed E-state index contributed by atoms with van der Waals surface area (Å²) in [6.07, 6.45) is 0. The third-order valence-corrected chi connectivity index (χ3v) is 2.64. The Balaban J connectivity index is -0.000000295. The third kappa shape index (κ3) is 6.66. The molecule has 0 aliphatic heterocycles. The Bertz CT molecular complexity index is 270. The van der Waals surface area contributed by atoms with E-state index >= 15 is 0 Å². The summed E-state index contributed by atoms with van der Waals surface area (Å²) in [5.74, 6) is -1.42. The van der Waals surface area contributed by atoms with E-state index in [1.165, 1.54) is 13.8 Å². The van der Waals surface area contributed by atoms with Crippen molar-refractivity contribution < 1.29 is 39.5 Å². The van der Waals surface area contributed by atoms with Gasteiger partial charge in [0, 0.05) is 0 Å². The molecule has 4 N–H and O–H groups in total. The molecule has 0 aromatic heterocycles. The van der Waals surface area contributed by atoms with Crippen molar-refractivity contribution in [1.29, 1.82) is 0 Å². The molecular weight excluding hydrogens is 539 g/mol. The van der Waals surface area contributed by atoms with Gasteiger partial charge in [-0.25, -0.2) is 0 Å².